The van der Waals surface area contributed by atoms with Crippen molar-refractivity contribution in [3.63, 3.8) is 0 Å². The van der Waals surface area contributed by atoms with Gasteiger partial charge in [0.25, 0.3) is 5.92 Å². The smallest absolute Gasteiger partial charge is 0.357 e. The fraction of sp³-hybridized carbons (Fsp3) is 0.625. The molecule has 0 unspecified atom stereocenters. The van der Waals surface area contributed by atoms with Gasteiger partial charge in [-0.15, -0.1) is 0 Å². The summed E-state index contributed by atoms with van der Waals surface area (Å²) in [5.41, 5.74) is 5.45. The van der Waals surface area contributed by atoms with E-state index in [4.69, 9.17) is 10.5 Å². The summed E-state index contributed by atoms with van der Waals surface area (Å²) in [6.45, 7) is -1.04. The van der Waals surface area contributed by atoms with Crippen LogP contribution in [0.1, 0.15) is 24.5 Å². The van der Waals surface area contributed by atoms with Gasteiger partial charge in [0.2, 0.25) is 0 Å². The molecular formula is C16H17F7N2O. The first-order valence-corrected chi connectivity index (χ1v) is 8.02. The molecule has 0 aliphatic carbocycles. The molecule has 1 aromatic carbocycles. The molecule has 3 nitrogen and oxygen atoms in total. The number of ether oxygens (including phenoxy) is 1. The maximum Gasteiger partial charge on any atom is 0.416 e. The molecule has 2 aliphatic rings. The number of nitrogens with zero attached hydrogens (tertiary/aromatic N) is 1. The lowest BCUT2D eigenvalue weighted by Gasteiger charge is -2.44. The van der Waals surface area contributed by atoms with Crippen LogP contribution in [0.5, 0.6) is 0 Å². The van der Waals surface area contributed by atoms with Gasteiger partial charge in [0.15, 0.2) is 6.10 Å². The third kappa shape index (κ3) is 3.81. The van der Waals surface area contributed by atoms with E-state index in [0.717, 1.165) is 23.1 Å². The predicted molar refractivity (Wildman–Crippen MR) is 77.5 cm³/mol. The topological polar surface area (TPSA) is 38.5 Å². The number of hydrogen-bond acceptors (Lipinski definition) is 3. The van der Waals surface area contributed by atoms with Gasteiger partial charge in [-0.1, -0.05) is 0 Å². The Balaban J connectivity index is 1.89. The van der Waals surface area contributed by atoms with Gasteiger partial charge in [-0.3, -0.25) is 4.90 Å². The van der Waals surface area contributed by atoms with Crippen molar-refractivity contribution in [2.45, 2.75) is 49.2 Å². The van der Waals surface area contributed by atoms with Gasteiger partial charge in [-0.2, -0.15) is 13.2 Å². The van der Waals surface area contributed by atoms with Crippen molar-refractivity contribution < 1.29 is 35.5 Å². The number of alkyl halides is 5. The van der Waals surface area contributed by atoms with Crippen molar-refractivity contribution in [2.75, 3.05) is 13.1 Å². The maximum atomic E-state index is 14.0. The van der Waals surface area contributed by atoms with E-state index in [-0.39, 0.29) is 13.0 Å². The SMILES string of the molecule is N[C@H]1C[C@@H](N2CCC(F)(F)C2)[C@@H](C(F)(F)F)O[C@@H]1c1cc(F)ccc1F. The highest BCUT2D eigenvalue weighted by Crippen LogP contribution is 2.42. The Bertz CT molecular complexity index is 666. The largest absolute Gasteiger partial charge is 0.416 e. The highest BCUT2D eigenvalue weighted by atomic mass is 19.4. The molecule has 0 aromatic heterocycles. The quantitative estimate of drug-likeness (QED) is 0.792. The van der Waals surface area contributed by atoms with Crippen LogP contribution in [0, 0.1) is 11.6 Å². The van der Waals surface area contributed by atoms with Gasteiger partial charge in [0, 0.05) is 30.6 Å². The van der Waals surface area contributed by atoms with E-state index in [1.807, 2.05) is 0 Å². The molecule has 2 fully saturated rings. The number of likely N-dealkylation sites (tertiary alicyclic amines) is 1. The number of nitrogens with two attached hydrogens (primary N) is 1. The molecule has 0 amide bonds. The minimum atomic E-state index is -4.87. The lowest BCUT2D eigenvalue weighted by Crippen LogP contribution is -2.58. The minimum Gasteiger partial charge on any atom is -0.357 e. The highest BCUT2D eigenvalue weighted by molar-refractivity contribution is 5.24. The first kappa shape index (κ1) is 19.4. The lowest BCUT2D eigenvalue weighted by molar-refractivity contribution is -0.268. The van der Waals surface area contributed by atoms with Crippen molar-refractivity contribution in [2.24, 2.45) is 5.73 Å². The molecule has 1 aromatic rings. The third-order valence-electron chi connectivity index (χ3n) is 4.80. The van der Waals surface area contributed by atoms with Crippen molar-refractivity contribution >= 4 is 0 Å². The molecule has 3 rings (SSSR count). The Morgan fingerprint density at radius 3 is 2.46 bits per heavy atom. The standard InChI is InChI=1S/C16H17F7N2O/c17-8-1-2-10(18)9(5-8)13-11(24)6-12(14(26-13)16(21,22)23)25-4-3-15(19,20)7-25/h1-2,5,11-14H,3-4,6-7,24H2/t11-,12+,13+,14-/m0/s1. The van der Waals surface area contributed by atoms with Crippen molar-refractivity contribution in [1.29, 1.82) is 0 Å². The predicted octanol–water partition coefficient (Wildman–Crippen LogP) is 3.39. The Hall–Kier alpha value is -1.39. The first-order valence-electron chi connectivity index (χ1n) is 8.02. The molecule has 0 radical (unpaired) electrons. The van der Waals surface area contributed by atoms with E-state index in [0.29, 0.717) is 0 Å². The van der Waals surface area contributed by atoms with Gasteiger partial charge in [0.05, 0.1) is 6.54 Å². The molecule has 26 heavy (non-hydrogen) atoms. The zero-order valence-corrected chi connectivity index (χ0v) is 13.4. The van der Waals surface area contributed by atoms with Crippen LogP contribution in [0.4, 0.5) is 30.7 Å². The molecule has 10 heteroatoms. The summed E-state index contributed by atoms with van der Waals surface area (Å²) in [5, 5.41) is 0. The molecule has 4 atom stereocenters. The van der Waals surface area contributed by atoms with E-state index >= 15 is 0 Å². The third-order valence-corrected chi connectivity index (χ3v) is 4.80. The number of hydrogen-bond donors (Lipinski definition) is 1. The van der Waals surface area contributed by atoms with Gasteiger partial charge in [-0.25, -0.2) is 17.6 Å². The van der Waals surface area contributed by atoms with E-state index in [2.05, 4.69) is 0 Å². The van der Waals surface area contributed by atoms with Gasteiger partial charge in [0.1, 0.15) is 17.7 Å². The molecule has 0 saturated carbocycles. The second-order valence-corrected chi connectivity index (χ2v) is 6.73. The van der Waals surface area contributed by atoms with Crippen LogP contribution in [-0.2, 0) is 4.74 Å². The van der Waals surface area contributed by atoms with Gasteiger partial charge in [-0.05, 0) is 24.6 Å². The summed E-state index contributed by atoms with van der Waals surface area (Å²) in [5.74, 6) is -4.87. The van der Waals surface area contributed by atoms with E-state index in [9.17, 15) is 30.7 Å². The van der Waals surface area contributed by atoms with Crippen LogP contribution < -0.4 is 5.73 Å². The molecule has 146 valence electrons. The summed E-state index contributed by atoms with van der Waals surface area (Å²) in [7, 11) is 0. The second kappa shape index (κ2) is 6.65. The van der Waals surface area contributed by atoms with E-state index in [1.165, 1.54) is 0 Å². The van der Waals surface area contributed by atoms with E-state index < -0.39 is 66.6 Å². The van der Waals surface area contributed by atoms with Crippen LogP contribution in [0.3, 0.4) is 0 Å². The zero-order valence-electron chi connectivity index (χ0n) is 13.4. The molecule has 2 heterocycles. The van der Waals surface area contributed by atoms with Crippen molar-refractivity contribution in [3.8, 4) is 0 Å². The van der Waals surface area contributed by atoms with Crippen LogP contribution in [0.25, 0.3) is 0 Å². The molecule has 0 spiro atoms. The molecule has 2 N–H and O–H groups in total. The van der Waals surface area contributed by atoms with Crippen LogP contribution >= 0.6 is 0 Å². The Kier molecular flexibility index (Phi) is 4.95. The Morgan fingerprint density at radius 2 is 1.88 bits per heavy atom. The number of rotatable bonds is 2. The van der Waals surface area contributed by atoms with E-state index in [1.54, 1.807) is 0 Å². The molecule has 2 aliphatic heterocycles. The average Bonchev–Trinajstić information content (AvgIpc) is 2.88. The van der Waals surface area contributed by atoms with Crippen molar-refractivity contribution in [3.05, 3.63) is 35.4 Å². The maximum absolute atomic E-state index is 14.0. The fourth-order valence-electron chi connectivity index (χ4n) is 3.59. The fourth-order valence-corrected chi connectivity index (χ4v) is 3.59. The molecule has 2 saturated heterocycles. The lowest BCUT2D eigenvalue weighted by atomic mass is 9.89. The van der Waals surface area contributed by atoms with Gasteiger partial charge >= 0.3 is 6.18 Å². The summed E-state index contributed by atoms with van der Waals surface area (Å²) < 4.78 is 99.7. The minimum absolute atomic E-state index is 0.223. The molecule has 0 bridgehead atoms. The van der Waals surface area contributed by atoms with Crippen LogP contribution in [0.2, 0.25) is 0 Å². The number of benzene rings is 1. The normalized spacial score (nSPS) is 32.8. The summed E-state index contributed by atoms with van der Waals surface area (Å²) in [4.78, 5) is 1.01. The zero-order chi connectivity index (χ0) is 19.3. The highest BCUT2D eigenvalue weighted by Gasteiger charge is 2.55. The summed E-state index contributed by atoms with van der Waals surface area (Å²) >= 11 is 0. The first-order chi connectivity index (χ1) is 12.0. The second-order valence-electron chi connectivity index (χ2n) is 6.73. The van der Waals surface area contributed by atoms with Crippen LogP contribution in [-0.4, -0.2) is 48.3 Å². The number of halogens is 7. The average molecular weight is 386 g/mol. The monoisotopic (exact) mass is 386 g/mol. The molecular weight excluding hydrogens is 369 g/mol. The Labute approximate surface area is 144 Å². The summed E-state index contributed by atoms with van der Waals surface area (Å²) in [6, 6.07) is -0.187. The van der Waals surface area contributed by atoms with Crippen molar-refractivity contribution in [1.82, 2.24) is 4.90 Å². The Morgan fingerprint density at radius 1 is 1.19 bits per heavy atom. The van der Waals surface area contributed by atoms with Gasteiger partial charge < -0.3 is 10.5 Å². The summed E-state index contributed by atoms with van der Waals surface area (Å²) in [6.07, 6.45) is -9.71. The van der Waals surface area contributed by atoms with Crippen LogP contribution in [0.15, 0.2) is 18.2 Å².